The molecule has 134 valence electrons. The minimum atomic E-state index is -4.53. The number of benzene rings is 1. The minimum Gasteiger partial charge on any atom is -0.239 e. The molecule has 0 saturated heterocycles. The summed E-state index contributed by atoms with van der Waals surface area (Å²) < 4.78 is 92.7. The second-order valence-corrected chi connectivity index (χ2v) is 8.11. The molecule has 0 radical (unpaired) electrons. The SMILES string of the molecule is O=S(=O)(c1nc2n(n1)[C@H](c1cc(F)ccc1F)C[C@@H]2F)C1CC1(F)F. The van der Waals surface area contributed by atoms with E-state index in [0.717, 1.165) is 22.9 Å². The fraction of sp³-hybridized carbons (Fsp3) is 0.429. The summed E-state index contributed by atoms with van der Waals surface area (Å²) >= 11 is 0. The zero-order valence-corrected chi connectivity index (χ0v) is 13.2. The maximum atomic E-state index is 14.2. The molecule has 0 spiro atoms. The van der Waals surface area contributed by atoms with Gasteiger partial charge in [-0.2, -0.15) is 4.98 Å². The molecule has 1 aromatic carbocycles. The average Bonchev–Trinajstić information content (AvgIpc) is 2.89. The van der Waals surface area contributed by atoms with E-state index in [1.807, 2.05) is 0 Å². The fourth-order valence-corrected chi connectivity index (χ4v) is 4.53. The van der Waals surface area contributed by atoms with Crippen LogP contribution in [-0.2, 0) is 9.84 Å². The molecule has 2 aliphatic rings. The van der Waals surface area contributed by atoms with E-state index >= 15 is 0 Å². The summed E-state index contributed by atoms with van der Waals surface area (Å²) in [6.07, 6.45) is -2.93. The van der Waals surface area contributed by atoms with E-state index in [1.165, 1.54) is 0 Å². The molecule has 1 aliphatic heterocycles. The van der Waals surface area contributed by atoms with Crippen LogP contribution in [-0.4, -0.2) is 34.4 Å². The van der Waals surface area contributed by atoms with Crippen molar-refractivity contribution in [2.75, 3.05) is 0 Å². The van der Waals surface area contributed by atoms with Crippen LogP contribution in [0.25, 0.3) is 0 Å². The number of alkyl halides is 3. The van der Waals surface area contributed by atoms with Crippen LogP contribution in [0, 0.1) is 11.6 Å². The molecule has 1 fully saturated rings. The van der Waals surface area contributed by atoms with Crippen LogP contribution in [0.5, 0.6) is 0 Å². The van der Waals surface area contributed by atoms with Crippen LogP contribution in [0.1, 0.15) is 36.4 Å². The van der Waals surface area contributed by atoms with E-state index in [9.17, 15) is 30.4 Å². The summed E-state index contributed by atoms with van der Waals surface area (Å²) in [4.78, 5) is 3.54. The zero-order chi connectivity index (χ0) is 18.1. The van der Waals surface area contributed by atoms with Crippen molar-refractivity contribution < 1.29 is 30.4 Å². The molecular formula is C14H10F5N3O2S. The van der Waals surface area contributed by atoms with Crippen LogP contribution < -0.4 is 0 Å². The zero-order valence-electron chi connectivity index (χ0n) is 12.3. The van der Waals surface area contributed by atoms with Gasteiger partial charge in [-0.25, -0.2) is 35.1 Å². The predicted molar refractivity (Wildman–Crippen MR) is 73.5 cm³/mol. The van der Waals surface area contributed by atoms with Crippen LogP contribution >= 0.6 is 0 Å². The molecule has 0 bridgehead atoms. The fourth-order valence-electron chi connectivity index (χ4n) is 2.96. The number of hydrogen-bond acceptors (Lipinski definition) is 4. The molecule has 1 saturated carbocycles. The highest BCUT2D eigenvalue weighted by Gasteiger charge is 2.66. The number of sulfone groups is 1. The molecule has 4 rings (SSSR count). The molecular weight excluding hydrogens is 369 g/mol. The van der Waals surface area contributed by atoms with Crippen LogP contribution in [0.15, 0.2) is 23.4 Å². The van der Waals surface area contributed by atoms with Gasteiger partial charge in [0.05, 0.1) is 6.04 Å². The van der Waals surface area contributed by atoms with Crippen molar-refractivity contribution in [3.63, 3.8) is 0 Å². The van der Waals surface area contributed by atoms with Gasteiger partial charge in [0.1, 0.15) is 16.9 Å². The Morgan fingerprint density at radius 3 is 2.56 bits per heavy atom. The molecule has 25 heavy (non-hydrogen) atoms. The van der Waals surface area contributed by atoms with Crippen LogP contribution in [0.4, 0.5) is 22.0 Å². The highest BCUT2D eigenvalue weighted by atomic mass is 32.2. The second-order valence-electron chi connectivity index (χ2n) is 6.08. The maximum Gasteiger partial charge on any atom is 0.267 e. The largest absolute Gasteiger partial charge is 0.267 e. The van der Waals surface area contributed by atoms with Gasteiger partial charge in [0.25, 0.3) is 11.1 Å². The third-order valence-corrected chi connectivity index (χ3v) is 6.30. The minimum absolute atomic E-state index is 0.216. The van der Waals surface area contributed by atoms with Crippen LogP contribution in [0.2, 0.25) is 0 Å². The van der Waals surface area contributed by atoms with Gasteiger partial charge in [0.15, 0.2) is 12.0 Å². The molecule has 2 aromatic rings. The Bertz CT molecular complexity index is 975. The first kappa shape index (κ1) is 16.4. The van der Waals surface area contributed by atoms with Crippen LogP contribution in [0.3, 0.4) is 0 Å². The summed E-state index contributed by atoms with van der Waals surface area (Å²) in [6.45, 7) is 0. The monoisotopic (exact) mass is 379 g/mol. The highest BCUT2D eigenvalue weighted by Crippen LogP contribution is 2.49. The second kappa shape index (κ2) is 4.99. The smallest absolute Gasteiger partial charge is 0.239 e. The van der Waals surface area contributed by atoms with Gasteiger partial charge in [-0.05, 0) is 18.2 Å². The van der Waals surface area contributed by atoms with E-state index in [4.69, 9.17) is 0 Å². The van der Waals surface area contributed by atoms with E-state index in [0.29, 0.717) is 0 Å². The number of hydrogen-bond donors (Lipinski definition) is 0. The lowest BCUT2D eigenvalue weighted by Gasteiger charge is -2.12. The average molecular weight is 379 g/mol. The Hall–Kier alpha value is -2.04. The quantitative estimate of drug-likeness (QED) is 0.770. The Kier molecular flexibility index (Phi) is 3.28. The molecule has 0 amide bonds. The number of rotatable bonds is 3. The number of fused-ring (bicyclic) bond motifs is 1. The van der Waals surface area contributed by atoms with E-state index in [1.54, 1.807) is 0 Å². The Labute approximate surface area is 138 Å². The normalized spacial score (nSPS) is 27.3. The molecule has 1 unspecified atom stereocenters. The molecule has 3 atom stereocenters. The first-order chi connectivity index (χ1) is 11.6. The summed E-state index contributed by atoms with van der Waals surface area (Å²) in [6, 6.07) is 1.48. The Morgan fingerprint density at radius 2 is 1.92 bits per heavy atom. The van der Waals surface area contributed by atoms with Crippen molar-refractivity contribution in [2.45, 2.75) is 41.4 Å². The molecule has 2 heterocycles. The van der Waals surface area contributed by atoms with E-state index in [-0.39, 0.29) is 12.0 Å². The van der Waals surface area contributed by atoms with Gasteiger partial charge in [-0.1, -0.05) is 0 Å². The van der Waals surface area contributed by atoms with Crippen molar-refractivity contribution in [2.24, 2.45) is 0 Å². The van der Waals surface area contributed by atoms with Crippen molar-refractivity contribution in [3.8, 4) is 0 Å². The van der Waals surface area contributed by atoms with Gasteiger partial charge in [0, 0.05) is 18.4 Å². The molecule has 1 aromatic heterocycles. The molecule has 5 nitrogen and oxygen atoms in total. The summed E-state index contributed by atoms with van der Waals surface area (Å²) in [5.41, 5.74) is -0.216. The maximum absolute atomic E-state index is 14.2. The molecule has 11 heteroatoms. The molecule has 1 aliphatic carbocycles. The highest BCUT2D eigenvalue weighted by molar-refractivity contribution is 7.92. The predicted octanol–water partition coefficient (Wildman–Crippen LogP) is 2.74. The van der Waals surface area contributed by atoms with Gasteiger partial charge in [-0.3, -0.25) is 0 Å². The van der Waals surface area contributed by atoms with Gasteiger partial charge in [-0.15, -0.1) is 5.10 Å². The third kappa shape index (κ3) is 2.43. The lowest BCUT2D eigenvalue weighted by molar-refractivity contribution is 0.121. The summed E-state index contributed by atoms with van der Waals surface area (Å²) in [7, 11) is -4.53. The lowest BCUT2D eigenvalue weighted by atomic mass is 10.0. The Morgan fingerprint density at radius 1 is 1.24 bits per heavy atom. The first-order valence-electron chi connectivity index (χ1n) is 7.28. The van der Waals surface area contributed by atoms with E-state index in [2.05, 4.69) is 10.1 Å². The number of nitrogens with zero attached hydrogens (tertiary/aromatic N) is 3. The van der Waals surface area contributed by atoms with Gasteiger partial charge < -0.3 is 0 Å². The van der Waals surface area contributed by atoms with Crippen molar-refractivity contribution >= 4 is 9.84 Å². The lowest BCUT2D eigenvalue weighted by Crippen LogP contribution is -2.17. The van der Waals surface area contributed by atoms with Crippen molar-refractivity contribution in [3.05, 3.63) is 41.2 Å². The standard InChI is InChI=1S/C14H10F5N3O2S/c15-6-1-2-8(16)7(3-6)10-4-9(17)12-20-13(21-22(10)12)25(23,24)11-5-14(11,18)19/h1-3,9-11H,4-5H2/t9-,10-,11?/m0/s1. The molecule has 0 N–H and O–H groups in total. The van der Waals surface area contributed by atoms with E-state index < -0.39 is 62.3 Å². The number of aromatic nitrogens is 3. The third-order valence-electron chi connectivity index (χ3n) is 4.36. The first-order valence-corrected chi connectivity index (χ1v) is 8.83. The van der Waals surface area contributed by atoms with Gasteiger partial charge >= 0.3 is 0 Å². The van der Waals surface area contributed by atoms with Crippen molar-refractivity contribution in [1.82, 2.24) is 14.8 Å². The number of halogens is 5. The van der Waals surface area contributed by atoms with Gasteiger partial charge in [0.2, 0.25) is 9.84 Å². The van der Waals surface area contributed by atoms with Crippen molar-refractivity contribution in [1.29, 1.82) is 0 Å². The summed E-state index contributed by atoms with van der Waals surface area (Å²) in [5.74, 6) is -5.35. The Balaban J connectivity index is 1.77. The topological polar surface area (TPSA) is 64.8 Å². The summed E-state index contributed by atoms with van der Waals surface area (Å²) in [5, 5.41) is 0.762.